The van der Waals surface area contributed by atoms with Crippen LogP contribution < -0.4 is 5.32 Å². The van der Waals surface area contributed by atoms with Crippen molar-refractivity contribution in [2.24, 2.45) is 0 Å². The van der Waals surface area contributed by atoms with Crippen molar-refractivity contribution < 1.29 is 0 Å². The lowest BCUT2D eigenvalue weighted by Gasteiger charge is -2.11. The first-order valence-electron chi connectivity index (χ1n) is 9.45. The molecule has 0 unspecified atom stereocenters. The van der Waals surface area contributed by atoms with Gasteiger partial charge in [-0.05, 0) is 50.2 Å². The quantitative estimate of drug-likeness (QED) is 0.346. The molecule has 0 fully saturated rings. The highest BCUT2D eigenvalue weighted by molar-refractivity contribution is 6.34. The lowest BCUT2D eigenvalue weighted by Crippen LogP contribution is -1.99. The summed E-state index contributed by atoms with van der Waals surface area (Å²) in [6.07, 6.45) is 0. The number of nitrogens with zero attached hydrogens (tertiary/aromatic N) is 4. The molecule has 5 nitrogen and oxygen atoms in total. The summed E-state index contributed by atoms with van der Waals surface area (Å²) in [5.74, 6) is 1.51. The second kappa shape index (κ2) is 7.27. The minimum atomic E-state index is 0.392. The molecule has 0 aliphatic carbocycles. The Morgan fingerprint density at radius 3 is 2.53 bits per heavy atom. The Bertz CT molecular complexity index is 1420. The van der Waals surface area contributed by atoms with Crippen LogP contribution in [0.15, 0.2) is 60.7 Å². The Labute approximate surface area is 183 Å². The zero-order chi connectivity index (χ0) is 20.8. The second-order valence-corrected chi connectivity index (χ2v) is 7.93. The fraction of sp³-hybridized carbons (Fsp3) is 0.0870. The number of aromatic nitrogens is 4. The van der Waals surface area contributed by atoms with Crippen molar-refractivity contribution in [3.8, 4) is 5.69 Å². The Kier molecular flexibility index (Phi) is 4.57. The molecule has 5 aromatic rings. The van der Waals surface area contributed by atoms with Gasteiger partial charge in [-0.15, -0.1) is 10.2 Å². The average Bonchev–Trinajstić information content (AvgIpc) is 3.05. The van der Waals surface area contributed by atoms with E-state index >= 15 is 0 Å². The van der Waals surface area contributed by atoms with Gasteiger partial charge in [0.25, 0.3) is 0 Å². The third kappa shape index (κ3) is 3.16. The smallest absolute Gasteiger partial charge is 0.161 e. The lowest BCUT2D eigenvalue weighted by atomic mass is 10.1. The first-order valence-corrected chi connectivity index (χ1v) is 10.2. The van der Waals surface area contributed by atoms with Crippen LogP contribution in [0.25, 0.3) is 27.5 Å². The molecule has 0 saturated carbocycles. The van der Waals surface area contributed by atoms with E-state index in [1.807, 2.05) is 74.5 Å². The summed E-state index contributed by atoms with van der Waals surface area (Å²) in [5.41, 5.74) is 4.73. The summed E-state index contributed by atoms with van der Waals surface area (Å²) >= 11 is 12.7. The maximum atomic E-state index is 6.42. The molecule has 0 amide bonds. The van der Waals surface area contributed by atoms with Crippen LogP contribution in [0.4, 0.5) is 11.5 Å². The summed E-state index contributed by atoms with van der Waals surface area (Å²) in [6.45, 7) is 3.99. The molecule has 3 aromatic carbocycles. The molecule has 30 heavy (non-hydrogen) atoms. The van der Waals surface area contributed by atoms with Crippen LogP contribution >= 0.6 is 23.2 Å². The third-order valence-electron chi connectivity index (χ3n) is 5.07. The molecule has 0 radical (unpaired) electrons. The highest BCUT2D eigenvalue weighted by Gasteiger charge is 2.13. The van der Waals surface area contributed by atoms with Gasteiger partial charge < -0.3 is 5.32 Å². The van der Waals surface area contributed by atoms with Crippen molar-refractivity contribution in [1.82, 2.24) is 19.7 Å². The highest BCUT2D eigenvalue weighted by Crippen LogP contribution is 2.31. The first-order chi connectivity index (χ1) is 14.5. The summed E-state index contributed by atoms with van der Waals surface area (Å²) in [5, 5.41) is 14.6. The first kappa shape index (κ1) is 18.9. The summed E-state index contributed by atoms with van der Waals surface area (Å²) in [4.78, 5) is 4.73. The van der Waals surface area contributed by atoms with Crippen LogP contribution in [-0.4, -0.2) is 19.7 Å². The second-order valence-electron chi connectivity index (χ2n) is 7.16. The van der Waals surface area contributed by atoms with E-state index in [9.17, 15) is 0 Å². The van der Waals surface area contributed by atoms with E-state index in [2.05, 4.69) is 20.1 Å². The number of benzene rings is 3. The maximum absolute atomic E-state index is 6.42. The molecule has 0 aliphatic heterocycles. The van der Waals surface area contributed by atoms with E-state index in [-0.39, 0.29) is 0 Å². The van der Waals surface area contributed by atoms with Crippen molar-refractivity contribution in [3.63, 3.8) is 0 Å². The van der Waals surface area contributed by atoms with Crippen molar-refractivity contribution in [2.45, 2.75) is 13.8 Å². The van der Waals surface area contributed by atoms with E-state index in [1.165, 1.54) is 0 Å². The topological polar surface area (TPSA) is 55.6 Å². The van der Waals surface area contributed by atoms with Gasteiger partial charge in [-0.3, -0.25) is 4.57 Å². The van der Waals surface area contributed by atoms with Gasteiger partial charge >= 0.3 is 0 Å². The third-order valence-corrected chi connectivity index (χ3v) is 5.67. The largest absolute Gasteiger partial charge is 0.338 e. The van der Waals surface area contributed by atoms with Gasteiger partial charge in [0.15, 0.2) is 11.0 Å². The number of halogens is 2. The fourth-order valence-electron chi connectivity index (χ4n) is 3.68. The molecule has 0 bridgehead atoms. The molecule has 7 heteroatoms. The van der Waals surface area contributed by atoms with Crippen LogP contribution in [-0.2, 0) is 0 Å². The number of para-hydroxylation sites is 1. The summed E-state index contributed by atoms with van der Waals surface area (Å²) in [6, 6.07) is 19.8. The number of aryl methyl sites for hydroxylation is 2. The molecule has 0 saturated heterocycles. The predicted molar refractivity (Wildman–Crippen MR) is 123 cm³/mol. The van der Waals surface area contributed by atoms with Crippen LogP contribution in [0.1, 0.15) is 11.4 Å². The molecule has 148 valence electrons. The Morgan fingerprint density at radius 2 is 1.70 bits per heavy atom. The van der Waals surface area contributed by atoms with Gasteiger partial charge in [-0.25, -0.2) is 4.98 Å². The number of imidazole rings is 1. The number of anilines is 2. The summed E-state index contributed by atoms with van der Waals surface area (Å²) in [7, 11) is 0. The Hall–Kier alpha value is -3.15. The minimum absolute atomic E-state index is 0.392. The highest BCUT2D eigenvalue weighted by atomic mass is 35.5. The zero-order valence-electron chi connectivity index (χ0n) is 16.3. The Balaban J connectivity index is 1.59. The van der Waals surface area contributed by atoms with Gasteiger partial charge in [0.2, 0.25) is 0 Å². The van der Waals surface area contributed by atoms with Gasteiger partial charge in [-0.1, -0.05) is 53.0 Å². The fourth-order valence-corrected chi connectivity index (χ4v) is 4.10. The molecular formula is C23H17Cl2N5. The summed E-state index contributed by atoms with van der Waals surface area (Å²) < 4.78 is 2.06. The predicted octanol–water partition coefficient (Wildman–Crippen LogP) is 6.64. The standard InChI is InChI=1S/C23H17Cl2N5/c1-13-7-9-16-17(11-13)22(25)28-29-23(16)27-15-8-10-21-19(12-15)26-14(2)30(21)20-6-4-3-5-18(20)24/h3-12H,1-2H3,(H,27,29). The average molecular weight is 434 g/mol. The van der Waals surface area contributed by atoms with Crippen LogP contribution in [0, 0.1) is 13.8 Å². The van der Waals surface area contributed by atoms with E-state index in [0.29, 0.717) is 16.0 Å². The minimum Gasteiger partial charge on any atom is -0.338 e. The number of hydrogen-bond acceptors (Lipinski definition) is 4. The number of hydrogen-bond donors (Lipinski definition) is 1. The van der Waals surface area contributed by atoms with Gasteiger partial charge in [0, 0.05) is 16.5 Å². The SMILES string of the molecule is Cc1ccc2c(Nc3ccc4c(c3)nc(C)n4-c3ccccc3Cl)nnc(Cl)c2c1. The maximum Gasteiger partial charge on any atom is 0.161 e. The number of fused-ring (bicyclic) bond motifs is 2. The molecule has 0 aliphatic rings. The molecule has 1 N–H and O–H groups in total. The van der Waals surface area contributed by atoms with E-state index < -0.39 is 0 Å². The molecule has 0 atom stereocenters. The molecule has 2 aromatic heterocycles. The van der Waals surface area contributed by atoms with Crippen molar-refractivity contribution in [1.29, 1.82) is 0 Å². The van der Waals surface area contributed by atoms with Gasteiger partial charge in [-0.2, -0.15) is 0 Å². The molecule has 0 spiro atoms. The normalized spacial score (nSPS) is 11.3. The van der Waals surface area contributed by atoms with Gasteiger partial charge in [0.1, 0.15) is 5.82 Å². The monoisotopic (exact) mass is 433 g/mol. The van der Waals surface area contributed by atoms with Crippen LogP contribution in [0.2, 0.25) is 10.2 Å². The van der Waals surface area contributed by atoms with Crippen LogP contribution in [0.5, 0.6) is 0 Å². The Morgan fingerprint density at radius 1 is 0.867 bits per heavy atom. The number of nitrogens with one attached hydrogen (secondary N) is 1. The van der Waals surface area contributed by atoms with E-state index in [1.54, 1.807) is 0 Å². The molecule has 5 rings (SSSR count). The number of rotatable bonds is 3. The van der Waals surface area contributed by atoms with E-state index in [0.717, 1.165) is 44.6 Å². The zero-order valence-corrected chi connectivity index (χ0v) is 17.8. The van der Waals surface area contributed by atoms with Crippen molar-refractivity contribution in [2.75, 3.05) is 5.32 Å². The van der Waals surface area contributed by atoms with Gasteiger partial charge in [0.05, 0.1) is 21.7 Å². The van der Waals surface area contributed by atoms with Crippen LogP contribution in [0.3, 0.4) is 0 Å². The lowest BCUT2D eigenvalue weighted by molar-refractivity contribution is 1.00. The van der Waals surface area contributed by atoms with Crippen molar-refractivity contribution >= 4 is 56.5 Å². The molecule has 2 heterocycles. The van der Waals surface area contributed by atoms with Crippen molar-refractivity contribution in [3.05, 3.63) is 82.2 Å². The molecular weight excluding hydrogens is 417 g/mol. The van der Waals surface area contributed by atoms with E-state index in [4.69, 9.17) is 28.2 Å².